The maximum Gasteiger partial charge on any atom is 0.220 e. The normalized spacial score (nSPS) is 21.2. The molecule has 0 aliphatic carbocycles. The van der Waals surface area contributed by atoms with Crippen molar-refractivity contribution in [2.45, 2.75) is 31.7 Å². The van der Waals surface area contributed by atoms with Crippen molar-refractivity contribution in [3.63, 3.8) is 0 Å². The van der Waals surface area contributed by atoms with Crippen molar-refractivity contribution in [2.75, 3.05) is 13.1 Å². The summed E-state index contributed by atoms with van der Waals surface area (Å²) in [6.07, 6.45) is 1.64. The van der Waals surface area contributed by atoms with Crippen LogP contribution in [0.4, 0.5) is 0 Å². The maximum atomic E-state index is 11.0. The van der Waals surface area contributed by atoms with Crippen LogP contribution in [0.5, 0.6) is 0 Å². The summed E-state index contributed by atoms with van der Waals surface area (Å²) in [6, 6.07) is 10.8. The third kappa shape index (κ3) is 3.56. The quantitative estimate of drug-likeness (QED) is 0.810. The van der Waals surface area contributed by atoms with Crippen molar-refractivity contribution in [3.8, 4) is 0 Å². The minimum Gasteiger partial charge on any atom is -0.352 e. The maximum absolute atomic E-state index is 11.0. The van der Waals surface area contributed by atoms with Crippen molar-refractivity contribution in [1.82, 2.24) is 10.6 Å². The van der Waals surface area contributed by atoms with Crippen molar-refractivity contribution < 1.29 is 4.79 Å². The van der Waals surface area contributed by atoms with Gasteiger partial charge >= 0.3 is 0 Å². The first-order valence-corrected chi connectivity index (χ1v) is 6.30. The summed E-state index contributed by atoms with van der Waals surface area (Å²) in [5, 5.41) is 6.40. The van der Waals surface area contributed by atoms with E-state index in [0.29, 0.717) is 18.4 Å². The molecule has 1 aromatic rings. The zero-order valence-corrected chi connectivity index (χ0v) is 10.3. The molecule has 3 nitrogen and oxygen atoms in total. The second-order valence-corrected chi connectivity index (χ2v) is 4.77. The highest BCUT2D eigenvalue weighted by molar-refractivity contribution is 5.78. The molecule has 1 fully saturated rings. The van der Waals surface area contributed by atoms with Gasteiger partial charge in [-0.15, -0.1) is 0 Å². The molecule has 1 heterocycles. The molecule has 0 spiro atoms. The number of nitrogens with one attached hydrogen (secondary N) is 2. The van der Waals surface area contributed by atoms with Gasteiger partial charge in [0.15, 0.2) is 0 Å². The van der Waals surface area contributed by atoms with Crippen LogP contribution in [0.2, 0.25) is 0 Å². The standard InChI is InChI=1S/C14H20N2O/c1-11(12-5-3-2-4-6-12)9-15-10-13-7-8-14(17)16-13/h2-6,11,13,15H,7-10H2,1H3,(H,16,17). The average Bonchev–Trinajstić information content (AvgIpc) is 2.76. The number of hydrogen-bond acceptors (Lipinski definition) is 2. The zero-order chi connectivity index (χ0) is 12.1. The Morgan fingerprint density at radius 1 is 1.41 bits per heavy atom. The Hall–Kier alpha value is -1.35. The van der Waals surface area contributed by atoms with E-state index >= 15 is 0 Å². The Labute approximate surface area is 103 Å². The summed E-state index contributed by atoms with van der Waals surface area (Å²) in [5.41, 5.74) is 1.36. The summed E-state index contributed by atoms with van der Waals surface area (Å²) < 4.78 is 0. The third-order valence-corrected chi connectivity index (χ3v) is 3.29. The second-order valence-electron chi connectivity index (χ2n) is 4.77. The van der Waals surface area contributed by atoms with Crippen molar-refractivity contribution >= 4 is 5.91 Å². The molecule has 2 unspecified atom stereocenters. The lowest BCUT2D eigenvalue weighted by Gasteiger charge is -2.15. The van der Waals surface area contributed by atoms with Crippen LogP contribution in [0, 0.1) is 0 Å². The predicted octanol–water partition coefficient (Wildman–Crippen LogP) is 1.66. The summed E-state index contributed by atoms with van der Waals surface area (Å²) in [5.74, 6) is 0.696. The molecule has 2 atom stereocenters. The molecule has 0 aromatic heterocycles. The van der Waals surface area contributed by atoms with Gasteiger partial charge < -0.3 is 10.6 Å². The average molecular weight is 232 g/mol. The number of carbonyl (C=O) groups is 1. The molecule has 0 radical (unpaired) electrons. The molecule has 92 valence electrons. The Morgan fingerprint density at radius 2 is 2.18 bits per heavy atom. The summed E-state index contributed by atoms with van der Waals surface area (Å²) in [6.45, 7) is 4.05. The van der Waals surface area contributed by atoms with Gasteiger partial charge in [0, 0.05) is 25.6 Å². The van der Waals surface area contributed by atoms with E-state index in [9.17, 15) is 4.79 Å². The van der Waals surface area contributed by atoms with Gasteiger partial charge in [-0.25, -0.2) is 0 Å². The fourth-order valence-corrected chi connectivity index (χ4v) is 2.20. The number of hydrogen-bond donors (Lipinski definition) is 2. The van der Waals surface area contributed by atoms with Crippen LogP contribution in [0.25, 0.3) is 0 Å². The van der Waals surface area contributed by atoms with Crippen LogP contribution < -0.4 is 10.6 Å². The van der Waals surface area contributed by atoms with Crippen LogP contribution in [-0.4, -0.2) is 25.0 Å². The van der Waals surface area contributed by atoms with Gasteiger partial charge in [-0.3, -0.25) is 4.79 Å². The lowest BCUT2D eigenvalue weighted by molar-refractivity contribution is -0.119. The summed E-state index contributed by atoms with van der Waals surface area (Å²) in [4.78, 5) is 11.0. The minimum atomic E-state index is 0.188. The van der Waals surface area contributed by atoms with E-state index in [2.05, 4.69) is 41.8 Å². The van der Waals surface area contributed by atoms with Crippen molar-refractivity contribution in [2.24, 2.45) is 0 Å². The first kappa shape index (κ1) is 12.1. The van der Waals surface area contributed by atoms with Gasteiger partial charge in [-0.1, -0.05) is 37.3 Å². The Kier molecular flexibility index (Phi) is 4.15. The van der Waals surface area contributed by atoms with E-state index in [-0.39, 0.29) is 5.91 Å². The van der Waals surface area contributed by atoms with Gasteiger partial charge in [0.05, 0.1) is 0 Å². The number of amides is 1. The molecule has 1 aromatic carbocycles. The molecule has 0 bridgehead atoms. The highest BCUT2D eigenvalue weighted by Gasteiger charge is 2.20. The van der Waals surface area contributed by atoms with Gasteiger partial charge in [-0.05, 0) is 17.9 Å². The molecule has 1 aliphatic heterocycles. The molecule has 1 aliphatic rings. The van der Waals surface area contributed by atoms with E-state index in [1.54, 1.807) is 0 Å². The molecule has 0 saturated carbocycles. The lowest BCUT2D eigenvalue weighted by atomic mass is 10.0. The Morgan fingerprint density at radius 3 is 2.82 bits per heavy atom. The molecule has 3 heteroatoms. The minimum absolute atomic E-state index is 0.188. The monoisotopic (exact) mass is 232 g/mol. The van der Waals surface area contributed by atoms with Crippen LogP contribution in [-0.2, 0) is 4.79 Å². The molecule has 17 heavy (non-hydrogen) atoms. The summed E-state index contributed by atoms with van der Waals surface area (Å²) in [7, 11) is 0. The fourth-order valence-electron chi connectivity index (χ4n) is 2.20. The molecule has 1 amide bonds. The summed E-state index contributed by atoms with van der Waals surface area (Å²) >= 11 is 0. The topological polar surface area (TPSA) is 41.1 Å². The molecular weight excluding hydrogens is 212 g/mol. The smallest absolute Gasteiger partial charge is 0.220 e. The van der Waals surface area contributed by atoms with Gasteiger partial charge in [0.1, 0.15) is 0 Å². The number of rotatable bonds is 5. The van der Waals surface area contributed by atoms with E-state index in [4.69, 9.17) is 0 Å². The first-order valence-electron chi connectivity index (χ1n) is 6.30. The number of benzene rings is 1. The third-order valence-electron chi connectivity index (χ3n) is 3.29. The highest BCUT2D eigenvalue weighted by atomic mass is 16.1. The van der Waals surface area contributed by atoms with Crippen molar-refractivity contribution in [1.29, 1.82) is 0 Å². The second kappa shape index (κ2) is 5.82. The molecule has 2 rings (SSSR count). The largest absolute Gasteiger partial charge is 0.352 e. The highest BCUT2D eigenvalue weighted by Crippen LogP contribution is 2.13. The van der Waals surface area contributed by atoms with E-state index in [1.165, 1.54) is 5.56 Å². The lowest BCUT2D eigenvalue weighted by Crippen LogP contribution is -2.36. The van der Waals surface area contributed by atoms with E-state index < -0.39 is 0 Å². The molecule has 2 N–H and O–H groups in total. The van der Waals surface area contributed by atoms with Crippen LogP contribution in [0.15, 0.2) is 30.3 Å². The van der Waals surface area contributed by atoms with Gasteiger partial charge in [-0.2, -0.15) is 0 Å². The van der Waals surface area contributed by atoms with Crippen LogP contribution in [0.1, 0.15) is 31.2 Å². The van der Waals surface area contributed by atoms with Gasteiger partial charge in [0.25, 0.3) is 0 Å². The Balaban J connectivity index is 1.70. The number of carbonyl (C=O) groups excluding carboxylic acids is 1. The van der Waals surface area contributed by atoms with Crippen molar-refractivity contribution in [3.05, 3.63) is 35.9 Å². The first-order chi connectivity index (χ1) is 8.25. The SMILES string of the molecule is CC(CNCC1CCC(=O)N1)c1ccccc1. The van der Waals surface area contributed by atoms with Crippen LogP contribution in [0.3, 0.4) is 0 Å². The fraction of sp³-hybridized carbons (Fsp3) is 0.500. The zero-order valence-electron chi connectivity index (χ0n) is 10.3. The van der Waals surface area contributed by atoms with E-state index in [0.717, 1.165) is 19.5 Å². The van der Waals surface area contributed by atoms with E-state index in [1.807, 2.05) is 6.07 Å². The molecular formula is C14H20N2O. The van der Waals surface area contributed by atoms with Gasteiger partial charge in [0.2, 0.25) is 5.91 Å². The van der Waals surface area contributed by atoms with Crippen LogP contribution >= 0.6 is 0 Å². The Bertz CT molecular complexity index is 364. The predicted molar refractivity (Wildman–Crippen MR) is 68.9 cm³/mol. The molecule has 1 saturated heterocycles.